The van der Waals surface area contributed by atoms with Gasteiger partial charge in [-0.1, -0.05) is 6.07 Å². The summed E-state index contributed by atoms with van der Waals surface area (Å²) in [6, 6.07) is 4.97. The van der Waals surface area contributed by atoms with E-state index in [1.54, 1.807) is 12.1 Å². The molecule has 0 bridgehead atoms. The van der Waals surface area contributed by atoms with Gasteiger partial charge in [0.1, 0.15) is 5.75 Å². The predicted octanol–water partition coefficient (Wildman–Crippen LogP) is 3.50. The quantitative estimate of drug-likeness (QED) is 0.811. The van der Waals surface area contributed by atoms with Gasteiger partial charge in [0.2, 0.25) is 0 Å². The number of thioether (sulfide) groups is 1. The van der Waals surface area contributed by atoms with Crippen LogP contribution in [0, 0.1) is 0 Å². The van der Waals surface area contributed by atoms with Crippen LogP contribution < -0.4 is 5.32 Å². The van der Waals surface area contributed by atoms with E-state index in [-0.39, 0.29) is 29.8 Å². The molecule has 17 heavy (non-hydrogen) atoms. The number of phenols is 1. The van der Waals surface area contributed by atoms with Crippen LogP contribution in [-0.4, -0.2) is 22.9 Å². The molecular weight excluding hydrogens is 319 g/mol. The van der Waals surface area contributed by atoms with Crippen LogP contribution in [0.15, 0.2) is 22.7 Å². The van der Waals surface area contributed by atoms with Gasteiger partial charge in [-0.2, -0.15) is 13.2 Å². The van der Waals surface area contributed by atoms with Gasteiger partial charge in [-0.05, 0) is 45.4 Å². The monoisotopic (exact) mass is 329 g/mol. The largest absolute Gasteiger partial charge is 0.507 e. The minimum atomic E-state index is -4.16. The van der Waals surface area contributed by atoms with Gasteiger partial charge in [-0.25, -0.2) is 0 Å². The highest BCUT2D eigenvalue weighted by atomic mass is 79.9. The summed E-state index contributed by atoms with van der Waals surface area (Å²) < 4.78 is 36.0. The lowest BCUT2D eigenvalue weighted by Crippen LogP contribution is -2.18. The van der Waals surface area contributed by atoms with E-state index in [4.69, 9.17) is 0 Å². The first kappa shape index (κ1) is 14.7. The second kappa shape index (κ2) is 6.51. The maximum absolute atomic E-state index is 11.8. The van der Waals surface area contributed by atoms with Gasteiger partial charge in [-0.3, -0.25) is 0 Å². The van der Waals surface area contributed by atoms with Gasteiger partial charge in [-0.15, -0.1) is 0 Å². The molecule has 0 aromatic heterocycles. The number of aromatic hydroxyl groups is 1. The van der Waals surface area contributed by atoms with Crippen LogP contribution in [0.25, 0.3) is 0 Å². The molecule has 1 rings (SSSR count). The molecule has 2 nitrogen and oxygen atoms in total. The smallest absolute Gasteiger partial charge is 0.441 e. The van der Waals surface area contributed by atoms with Crippen molar-refractivity contribution < 1.29 is 18.3 Å². The molecule has 0 saturated carbocycles. The van der Waals surface area contributed by atoms with E-state index in [2.05, 4.69) is 21.2 Å². The summed E-state index contributed by atoms with van der Waals surface area (Å²) in [7, 11) is 0. The Kier molecular flexibility index (Phi) is 5.61. The zero-order valence-corrected chi connectivity index (χ0v) is 11.1. The van der Waals surface area contributed by atoms with E-state index in [9.17, 15) is 18.3 Å². The Balaban J connectivity index is 2.25. The highest BCUT2D eigenvalue weighted by molar-refractivity contribution is 9.10. The van der Waals surface area contributed by atoms with Crippen molar-refractivity contribution in [2.75, 3.05) is 12.3 Å². The molecule has 1 aromatic carbocycles. The standard InChI is InChI=1S/C10H11BrF3NOS/c11-8-5-7(1-2-9(8)16)6-15-3-4-17-10(12,13)14/h1-2,5,15-16H,3-4,6H2. The second-order valence-corrected chi connectivity index (χ2v) is 5.27. The lowest BCUT2D eigenvalue weighted by Gasteiger charge is -2.07. The van der Waals surface area contributed by atoms with Gasteiger partial charge in [0.05, 0.1) is 4.47 Å². The van der Waals surface area contributed by atoms with E-state index in [1.165, 1.54) is 6.07 Å². The van der Waals surface area contributed by atoms with Crippen molar-refractivity contribution >= 4 is 27.7 Å². The molecule has 0 atom stereocenters. The summed E-state index contributed by atoms with van der Waals surface area (Å²) in [5.74, 6) is 0.129. The fourth-order valence-corrected chi connectivity index (χ4v) is 2.04. The predicted molar refractivity (Wildman–Crippen MR) is 66.0 cm³/mol. The number of halogens is 4. The summed E-state index contributed by atoms with van der Waals surface area (Å²) in [6.45, 7) is 0.750. The van der Waals surface area contributed by atoms with E-state index in [1.807, 2.05) is 0 Å². The SMILES string of the molecule is Oc1ccc(CNCCSC(F)(F)F)cc1Br. The Morgan fingerprint density at radius 2 is 2.06 bits per heavy atom. The first-order chi connectivity index (χ1) is 7.88. The highest BCUT2D eigenvalue weighted by Gasteiger charge is 2.27. The van der Waals surface area contributed by atoms with Gasteiger partial charge in [0.25, 0.3) is 0 Å². The van der Waals surface area contributed by atoms with Crippen LogP contribution in [-0.2, 0) is 6.54 Å². The normalized spacial score (nSPS) is 11.8. The molecule has 1 aromatic rings. The number of benzene rings is 1. The van der Waals surface area contributed by atoms with Gasteiger partial charge < -0.3 is 10.4 Å². The Morgan fingerprint density at radius 1 is 1.35 bits per heavy atom. The number of alkyl halides is 3. The molecule has 0 amide bonds. The Morgan fingerprint density at radius 3 is 2.65 bits per heavy atom. The van der Waals surface area contributed by atoms with Crippen molar-refractivity contribution in [1.82, 2.24) is 5.32 Å². The molecule has 0 radical (unpaired) electrons. The molecule has 96 valence electrons. The van der Waals surface area contributed by atoms with Crippen molar-refractivity contribution in [3.8, 4) is 5.75 Å². The van der Waals surface area contributed by atoms with Crippen molar-refractivity contribution in [1.29, 1.82) is 0 Å². The van der Waals surface area contributed by atoms with Crippen LogP contribution in [0.1, 0.15) is 5.56 Å². The summed E-state index contributed by atoms with van der Waals surface area (Å²) in [4.78, 5) is 0. The van der Waals surface area contributed by atoms with Crippen LogP contribution in [0.5, 0.6) is 5.75 Å². The molecule has 0 spiro atoms. The van der Waals surface area contributed by atoms with Crippen molar-refractivity contribution in [2.45, 2.75) is 12.1 Å². The third kappa shape index (κ3) is 6.18. The molecule has 0 saturated heterocycles. The summed E-state index contributed by atoms with van der Waals surface area (Å²) in [6.07, 6.45) is 0. The van der Waals surface area contributed by atoms with Crippen LogP contribution in [0.4, 0.5) is 13.2 Å². The first-order valence-corrected chi connectivity index (χ1v) is 6.55. The molecule has 0 aliphatic rings. The average Bonchev–Trinajstić information content (AvgIpc) is 2.21. The van der Waals surface area contributed by atoms with E-state index >= 15 is 0 Å². The molecule has 0 aliphatic carbocycles. The van der Waals surface area contributed by atoms with E-state index in [0.29, 0.717) is 11.0 Å². The molecular formula is C10H11BrF3NOS. The maximum atomic E-state index is 11.8. The number of rotatable bonds is 5. The number of nitrogens with one attached hydrogen (secondary N) is 1. The minimum Gasteiger partial charge on any atom is -0.507 e. The van der Waals surface area contributed by atoms with Crippen molar-refractivity contribution in [3.05, 3.63) is 28.2 Å². The fourth-order valence-electron chi connectivity index (χ4n) is 1.13. The van der Waals surface area contributed by atoms with Gasteiger partial charge >= 0.3 is 5.51 Å². The Hall–Kier alpha value is -0.400. The Labute approximate surface area is 110 Å². The van der Waals surface area contributed by atoms with Crippen molar-refractivity contribution in [2.24, 2.45) is 0 Å². The summed E-state index contributed by atoms with van der Waals surface area (Å²) >= 11 is 3.13. The zero-order chi connectivity index (χ0) is 12.9. The molecule has 2 N–H and O–H groups in total. The zero-order valence-electron chi connectivity index (χ0n) is 8.72. The Bertz CT molecular complexity index is 373. The van der Waals surface area contributed by atoms with E-state index in [0.717, 1.165) is 5.56 Å². The number of phenolic OH excluding ortho intramolecular Hbond substituents is 1. The third-order valence-corrected chi connectivity index (χ3v) is 3.26. The molecule has 0 unspecified atom stereocenters. The fraction of sp³-hybridized carbons (Fsp3) is 0.400. The lowest BCUT2D eigenvalue weighted by molar-refractivity contribution is -0.0327. The summed E-state index contributed by atoms with van der Waals surface area (Å²) in [5, 5.41) is 12.1. The summed E-state index contributed by atoms with van der Waals surface area (Å²) in [5.41, 5.74) is -3.27. The average molecular weight is 330 g/mol. The minimum absolute atomic E-state index is 0.0112. The molecule has 0 fully saturated rings. The first-order valence-electron chi connectivity index (χ1n) is 4.77. The number of hydrogen-bond acceptors (Lipinski definition) is 3. The van der Waals surface area contributed by atoms with Gasteiger partial charge in [0.15, 0.2) is 0 Å². The molecule has 0 aliphatic heterocycles. The van der Waals surface area contributed by atoms with E-state index < -0.39 is 5.51 Å². The van der Waals surface area contributed by atoms with Crippen LogP contribution in [0.3, 0.4) is 0 Å². The molecule has 7 heteroatoms. The highest BCUT2D eigenvalue weighted by Crippen LogP contribution is 2.29. The lowest BCUT2D eigenvalue weighted by atomic mass is 10.2. The third-order valence-electron chi connectivity index (χ3n) is 1.89. The molecule has 0 heterocycles. The number of hydrogen-bond donors (Lipinski definition) is 2. The van der Waals surface area contributed by atoms with Crippen molar-refractivity contribution in [3.63, 3.8) is 0 Å². The maximum Gasteiger partial charge on any atom is 0.441 e. The van der Waals surface area contributed by atoms with Crippen LogP contribution >= 0.6 is 27.7 Å². The second-order valence-electron chi connectivity index (χ2n) is 3.26. The topological polar surface area (TPSA) is 32.3 Å². The van der Waals surface area contributed by atoms with Crippen LogP contribution in [0.2, 0.25) is 0 Å². The van der Waals surface area contributed by atoms with Gasteiger partial charge in [0, 0.05) is 18.8 Å².